The molecule has 2 nitrogen and oxygen atoms in total. The lowest BCUT2D eigenvalue weighted by molar-refractivity contribution is 0.364. The van der Waals surface area contributed by atoms with Gasteiger partial charge in [-0.15, -0.1) is 0 Å². The van der Waals surface area contributed by atoms with Gasteiger partial charge in [0, 0.05) is 0 Å². The smallest absolute Gasteiger partial charge is 0.142 e. The zero-order valence-electron chi connectivity index (χ0n) is 8.08. The molecule has 0 atom stereocenters. The Kier molecular flexibility index (Phi) is 3.38. The minimum Gasteiger partial charge on any atom is -0.487 e. The molecular formula is C11H15NO. The zero-order chi connectivity index (χ0) is 9.68. The van der Waals surface area contributed by atoms with Gasteiger partial charge in [0.05, 0.1) is 5.69 Å². The van der Waals surface area contributed by atoms with E-state index in [4.69, 9.17) is 10.5 Å². The first-order valence-corrected chi connectivity index (χ1v) is 4.34. The Balaban J connectivity index is 2.69. The minimum absolute atomic E-state index is 0.574. The molecule has 13 heavy (non-hydrogen) atoms. The number of aryl methyl sites for hydroxylation is 1. The molecule has 0 unspecified atom stereocenters. The molecule has 0 spiro atoms. The van der Waals surface area contributed by atoms with E-state index >= 15 is 0 Å². The van der Waals surface area contributed by atoms with Gasteiger partial charge < -0.3 is 10.5 Å². The average molecular weight is 177 g/mol. The normalized spacial score (nSPS) is 10.6. The highest BCUT2D eigenvalue weighted by atomic mass is 16.5. The highest BCUT2D eigenvalue weighted by molar-refractivity contribution is 5.53. The van der Waals surface area contributed by atoms with Gasteiger partial charge in [-0.3, -0.25) is 0 Å². The number of ether oxygens (including phenoxy) is 1. The van der Waals surface area contributed by atoms with Crippen LogP contribution in [0.2, 0.25) is 0 Å². The van der Waals surface area contributed by atoms with Crippen LogP contribution in [0.5, 0.6) is 5.75 Å². The van der Waals surface area contributed by atoms with E-state index in [0.29, 0.717) is 12.3 Å². The SMILES string of the molecule is C/C=C/COc1cc(C)ccc1N. The van der Waals surface area contributed by atoms with Crippen LogP contribution in [0.25, 0.3) is 0 Å². The maximum Gasteiger partial charge on any atom is 0.142 e. The molecule has 1 rings (SSSR count). The van der Waals surface area contributed by atoms with Gasteiger partial charge in [0.1, 0.15) is 12.4 Å². The van der Waals surface area contributed by atoms with Crippen LogP contribution in [-0.2, 0) is 0 Å². The summed E-state index contributed by atoms with van der Waals surface area (Å²) in [6, 6.07) is 5.77. The molecule has 0 aliphatic heterocycles. The minimum atomic E-state index is 0.574. The third-order valence-corrected chi connectivity index (χ3v) is 1.74. The molecule has 0 heterocycles. The molecule has 0 saturated carbocycles. The van der Waals surface area contributed by atoms with Crippen LogP contribution in [0.1, 0.15) is 12.5 Å². The van der Waals surface area contributed by atoms with Gasteiger partial charge in [-0.2, -0.15) is 0 Å². The highest BCUT2D eigenvalue weighted by Gasteiger charge is 1.98. The third kappa shape index (κ3) is 2.82. The van der Waals surface area contributed by atoms with E-state index in [0.717, 1.165) is 11.3 Å². The number of rotatable bonds is 3. The van der Waals surface area contributed by atoms with Gasteiger partial charge >= 0.3 is 0 Å². The lowest BCUT2D eigenvalue weighted by Gasteiger charge is -2.07. The van der Waals surface area contributed by atoms with Crippen LogP contribution in [0.15, 0.2) is 30.4 Å². The lowest BCUT2D eigenvalue weighted by atomic mass is 10.2. The van der Waals surface area contributed by atoms with Crippen LogP contribution in [-0.4, -0.2) is 6.61 Å². The number of benzene rings is 1. The van der Waals surface area contributed by atoms with Crippen LogP contribution in [0.4, 0.5) is 5.69 Å². The molecule has 2 N–H and O–H groups in total. The summed E-state index contributed by atoms with van der Waals surface area (Å²) in [5.41, 5.74) is 7.57. The van der Waals surface area contributed by atoms with E-state index in [1.54, 1.807) is 0 Å². The second-order valence-corrected chi connectivity index (χ2v) is 2.92. The zero-order valence-corrected chi connectivity index (χ0v) is 8.08. The van der Waals surface area contributed by atoms with Crippen LogP contribution < -0.4 is 10.5 Å². The Hall–Kier alpha value is -1.44. The van der Waals surface area contributed by atoms with E-state index in [2.05, 4.69) is 0 Å². The first-order chi connectivity index (χ1) is 6.24. The molecule has 0 aliphatic carbocycles. The molecule has 1 aromatic carbocycles. The summed E-state index contributed by atoms with van der Waals surface area (Å²) in [4.78, 5) is 0. The topological polar surface area (TPSA) is 35.2 Å². The van der Waals surface area contributed by atoms with Crippen LogP contribution in [0, 0.1) is 6.92 Å². The van der Waals surface area contributed by atoms with Crippen molar-refractivity contribution in [2.75, 3.05) is 12.3 Å². The Labute approximate surface area is 79.0 Å². The Morgan fingerprint density at radius 2 is 2.23 bits per heavy atom. The summed E-state index contributed by atoms with van der Waals surface area (Å²) in [6.07, 6.45) is 3.90. The van der Waals surface area contributed by atoms with Crippen molar-refractivity contribution in [1.29, 1.82) is 0 Å². The molecule has 0 saturated heterocycles. The predicted molar refractivity (Wildman–Crippen MR) is 55.9 cm³/mol. The van der Waals surface area contributed by atoms with E-state index in [-0.39, 0.29) is 0 Å². The van der Waals surface area contributed by atoms with Crippen molar-refractivity contribution < 1.29 is 4.74 Å². The molecule has 2 heteroatoms. The second kappa shape index (κ2) is 4.55. The second-order valence-electron chi connectivity index (χ2n) is 2.92. The first-order valence-electron chi connectivity index (χ1n) is 4.34. The monoisotopic (exact) mass is 177 g/mol. The Bertz CT molecular complexity index is 305. The summed E-state index contributed by atoms with van der Waals surface area (Å²) in [5.74, 6) is 0.762. The number of hydrogen-bond donors (Lipinski definition) is 1. The highest BCUT2D eigenvalue weighted by Crippen LogP contribution is 2.22. The number of allylic oxidation sites excluding steroid dienone is 1. The molecule has 70 valence electrons. The Morgan fingerprint density at radius 1 is 1.46 bits per heavy atom. The number of nitrogen functional groups attached to an aromatic ring is 1. The summed E-state index contributed by atoms with van der Waals surface area (Å²) in [7, 11) is 0. The summed E-state index contributed by atoms with van der Waals surface area (Å²) in [5, 5.41) is 0. The van der Waals surface area contributed by atoms with Crippen molar-refractivity contribution in [2.45, 2.75) is 13.8 Å². The Morgan fingerprint density at radius 3 is 2.92 bits per heavy atom. The van der Waals surface area contributed by atoms with E-state index in [1.165, 1.54) is 0 Å². The standard InChI is InChI=1S/C11H15NO/c1-3-4-7-13-11-8-9(2)5-6-10(11)12/h3-6,8H,7,12H2,1-2H3/b4-3+. The van der Waals surface area contributed by atoms with E-state index in [1.807, 2.05) is 44.2 Å². The van der Waals surface area contributed by atoms with Gasteiger partial charge in [-0.1, -0.05) is 18.2 Å². The van der Waals surface area contributed by atoms with Gasteiger partial charge in [-0.25, -0.2) is 0 Å². The number of nitrogens with two attached hydrogens (primary N) is 1. The molecular weight excluding hydrogens is 162 g/mol. The predicted octanol–water partition coefficient (Wildman–Crippen LogP) is 2.53. The van der Waals surface area contributed by atoms with E-state index < -0.39 is 0 Å². The fourth-order valence-corrected chi connectivity index (χ4v) is 1.00. The van der Waals surface area contributed by atoms with Gasteiger partial charge in [-0.05, 0) is 31.5 Å². The molecule has 0 aromatic heterocycles. The first kappa shape index (κ1) is 9.65. The molecule has 0 radical (unpaired) electrons. The summed E-state index contributed by atoms with van der Waals surface area (Å²) >= 11 is 0. The van der Waals surface area contributed by atoms with Crippen LogP contribution >= 0.6 is 0 Å². The molecule has 1 aromatic rings. The van der Waals surface area contributed by atoms with Gasteiger partial charge in [0.15, 0.2) is 0 Å². The molecule has 0 aliphatic rings. The molecule has 0 fully saturated rings. The van der Waals surface area contributed by atoms with Crippen molar-refractivity contribution in [3.63, 3.8) is 0 Å². The summed E-state index contributed by atoms with van der Waals surface area (Å²) in [6.45, 7) is 4.55. The number of anilines is 1. The fraction of sp³-hybridized carbons (Fsp3) is 0.273. The van der Waals surface area contributed by atoms with Crippen molar-refractivity contribution in [3.8, 4) is 5.75 Å². The maximum atomic E-state index is 5.72. The van der Waals surface area contributed by atoms with Gasteiger partial charge in [0.2, 0.25) is 0 Å². The third-order valence-electron chi connectivity index (χ3n) is 1.74. The average Bonchev–Trinajstić information content (AvgIpc) is 2.11. The molecule has 0 bridgehead atoms. The van der Waals surface area contributed by atoms with Gasteiger partial charge in [0.25, 0.3) is 0 Å². The van der Waals surface area contributed by atoms with Crippen LogP contribution in [0.3, 0.4) is 0 Å². The van der Waals surface area contributed by atoms with Crippen molar-refractivity contribution in [2.24, 2.45) is 0 Å². The quantitative estimate of drug-likeness (QED) is 0.568. The molecule has 0 amide bonds. The largest absolute Gasteiger partial charge is 0.487 e. The number of hydrogen-bond acceptors (Lipinski definition) is 2. The van der Waals surface area contributed by atoms with E-state index in [9.17, 15) is 0 Å². The van der Waals surface area contributed by atoms with Crippen molar-refractivity contribution in [1.82, 2.24) is 0 Å². The fourth-order valence-electron chi connectivity index (χ4n) is 1.00. The van der Waals surface area contributed by atoms with Crippen molar-refractivity contribution >= 4 is 5.69 Å². The van der Waals surface area contributed by atoms with Crippen molar-refractivity contribution in [3.05, 3.63) is 35.9 Å². The summed E-state index contributed by atoms with van der Waals surface area (Å²) < 4.78 is 5.45. The lowest BCUT2D eigenvalue weighted by Crippen LogP contribution is -1.97. The maximum absolute atomic E-state index is 5.72.